The molecule has 2 aromatic carbocycles. The van der Waals surface area contributed by atoms with E-state index in [1.807, 2.05) is 50.2 Å². The molecular weight excluding hydrogens is 378 g/mol. The standard InChI is InChI=1S/C24H23N3OS/c1-4-18-8-10-21-22(13-18)29-24(26-21)27(15-19-6-5-11-25-14-19)23(28)20-9-7-16(2)12-17(20)3/h5-14H,4,15H2,1-3H3. The van der Waals surface area contributed by atoms with Crippen molar-refractivity contribution in [3.8, 4) is 0 Å². The van der Waals surface area contributed by atoms with Crippen LogP contribution in [0.15, 0.2) is 60.9 Å². The summed E-state index contributed by atoms with van der Waals surface area (Å²) >= 11 is 1.56. The maximum atomic E-state index is 13.6. The highest BCUT2D eigenvalue weighted by Gasteiger charge is 2.23. The van der Waals surface area contributed by atoms with E-state index in [0.29, 0.717) is 17.2 Å². The molecule has 0 unspecified atom stereocenters. The van der Waals surface area contributed by atoms with Gasteiger partial charge in [-0.25, -0.2) is 4.98 Å². The zero-order valence-electron chi connectivity index (χ0n) is 16.8. The number of hydrogen-bond donors (Lipinski definition) is 0. The first-order valence-corrected chi connectivity index (χ1v) is 10.5. The highest BCUT2D eigenvalue weighted by molar-refractivity contribution is 7.22. The zero-order valence-corrected chi connectivity index (χ0v) is 17.7. The van der Waals surface area contributed by atoms with Crippen LogP contribution in [0.3, 0.4) is 0 Å². The van der Waals surface area contributed by atoms with Crippen molar-refractivity contribution in [3.63, 3.8) is 0 Å². The van der Waals surface area contributed by atoms with Gasteiger partial charge < -0.3 is 0 Å². The Hall–Kier alpha value is -3.05. The zero-order chi connectivity index (χ0) is 20.4. The molecule has 0 radical (unpaired) electrons. The molecule has 1 amide bonds. The van der Waals surface area contributed by atoms with E-state index in [0.717, 1.165) is 33.3 Å². The third kappa shape index (κ3) is 4.05. The van der Waals surface area contributed by atoms with E-state index in [4.69, 9.17) is 4.98 Å². The van der Waals surface area contributed by atoms with Gasteiger partial charge in [-0.3, -0.25) is 14.7 Å². The van der Waals surface area contributed by atoms with E-state index >= 15 is 0 Å². The van der Waals surface area contributed by atoms with Gasteiger partial charge >= 0.3 is 0 Å². The number of rotatable bonds is 5. The largest absolute Gasteiger partial charge is 0.279 e. The Labute approximate surface area is 174 Å². The van der Waals surface area contributed by atoms with Gasteiger partial charge in [-0.15, -0.1) is 0 Å². The molecule has 2 heterocycles. The summed E-state index contributed by atoms with van der Waals surface area (Å²) in [6.45, 7) is 6.59. The van der Waals surface area contributed by atoms with Crippen molar-refractivity contribution in [3.05, 3.63) is 88.7 Å². The normalized spacial score (nSPS) is 11.0. The fraction of sp³-hybridized carbons (Fsp3) is 0.208. The molecule has 2 aromatic heterocycles. The second kappa shape index (κ2) is 8.13. The van der Waals surface area contributed by atoms with Gasteiger partial charge in [0.05, 0.1) is 16.8 Å². The molecule has 0 saturated carbocycles. The molecule has 0 spiro atoms. The second-order valence-corrected chi connectivity index (χ2v) is 8.23. The van der Waals surface area contributed by atoms with E-state index in [9.17, 15) is 4.79 Å². The predicted molar refractivity (Wildman–Crippen MR) is 120 cm³/mol. The molecule has 0 aliphatic carbocycles. The Morgan fingerprint density at radius 3 is 2.66 bits per heavy atom. The number of aromatic nitrogens is 2. The number of thiazole rings is 1. The summed E-state index contributed by atoms with van der Waals surface area (Å²) in [7, 11) is 0. The predicted octanol–water partition coefficient (Wildman–Crippen LogP) is 5.72. The molecule has 0 saturated heterocycles. The topological polar surface area (TPSA) is 46.1 Å². The summed E-state index contributed by atoms with van der Waals surface area (Å²) in [5.41, 5.74) is 5.98. The summed E-state index contributed by atoms with van der Waals surface area (Å²) in [6.07, 6.45) is 4.51. The van der Waals surface area contributed by atoms with Gasteiger partial charge in [0.25, 0.3) is 5.91 Å². The smallest absolute Gasteiger partial charge is 0.260 e. The van der Waals surface area contributed by atoms with Crippen molar-refractivity contribution >= 4 is 32.6 Å². The number of carbonyl (C=O) groups is 1. The van der Waals surface area contributed by atoms with Crippen LogP contribution in [0.25, 0.3) is 10.2 Å². The molecule has 29 heavy (non-hydrogen) atoms. The Balaban J connectivity index is 1.78. The van der Waals surface area contributed by atoms with Crippen LogP contribution in [0.1, 0.15) is 39.5 Å². The van der Waals surface area contributed by atoms with Crippen LogP contribution >= 0.6 is 11.3 Å². The van der Waals surface area contributed by atoms with E-state index in [1.54, 1.807) is 28.6 Å². The number of amides is 1. The minimum atomic E-state index is -0.0406. The fourth-order valence-corrected chi connectivity index (χ4v) is 4.42. The van der Waals surface area contributed by atoms with Crippen molar-refractivity contribution in [2.45, 2.75) is 33.7 Å². The van der Waals surface area contributed by atoms with E-state index < -0.39 is 0 Å². The summed E-state index contributed by atoms with van der Waals surface area (Å²) in [5.74, 6) is -0.0406. The van der Waals surface area contributed by atoms with Crippen molar-refractivity contribution in [2.75, 3.05) is 4.90 Å². The van der Waals surface area contributed by atoms with E-state index in [1.165, 1.54) is 5.56 Å². The first-order valence-electron chi connectivity index (χ1n) is 9.72. The fourth-order valence-electron chi connectivity index (χ4n) is 3.39. The van der Waals surface area contributed by atoms with Gasteiger partial charge in [0.1, 0.15) is 0 Å². The first-order chi connectivity index (χ1) is 14.0. The van der Waals surface area contributed by atoms with Gasteiger partial charge in [0, 0.05) is 18.0 Å². The molecule has 0 fully saturated rings. The second-order valence-electron chi connectivity index (χ2n) is 7.22. The summed E-state index contributed by atoms with van der Waals surface area (Å²) in [6, 6.07) is 16.1. The maximum Gasteiger partial charge on any atom is 0.260 e. The molecule has 4 rings (SSSR count). The lowest BCUT2D eigenvalue weighted by atomic mass is 10.0. The minimum absolute atomic E-state index is 0.0406. The SMILES string of the molecule is CCc1ccc2nc(N(Cc3cccnc3)C(=O)c3ccc(C)cc3C)sc2c1. The third-order valence-corrected chi connectivity index (χ3v) is 6.04. The number of nitrogens with zero attached hydrogens (tertiary/aromatic N) is 3. The number of hydrogen-bond acceptors (Lipinski definition) is 4. The number of benzene rings is 2. The van der Waals surface area contributed by atoms with E-state index in [-0.39, 0.29) is 5.91 Å². The van der Waals surface area contributed by atoms with Gasteiger partial charge in [-0.05, 0) is 61.2 Å². The Morgan fingerprint density at radius 2 is 1.93 bits per heavy atom. The van der Waals surface area contributed by atoms with Crippen molar-refractivity contribution < 1.29 is 4.79 Å². The average Bonchev–Trinajstić information content (AvgIpc) is 3.15. The lowest BCUT2D eigenvalue weighted by molar-refractivity contribution is 0.0984. The summed E-state index contributed by atoms with van der Waals surface area (Å²) in [4.78, 5) is 24.3. The molecular formula is C24H23N3OS. The highest BCUT2D eigenvalue weighted by atomic mass is 32.1. The Morgan fingerprint density at radius 1 is 1.07 bits per heavy atom. The molecule has 0 N–H and O–H groups in total. The average molecular weight is 402 g/mol. The molecule has 0 aliphatic rings. The molecule has 0 bridgehead atoms. The van der Waals surface area contributed by atoms with Crippen LogP contribution in [-0.2, 0) is 13.0 Å². The maximum absolute atomic E-state index is 13.6. The Bertz CT molecular complexity index is 1170. The Kier molecular flexibility index (Phi) is 5.41. The van der Waals surface area contributed by atoms with Crippen molar-refractivity contribution in [1.82, 2.24) is 9.97 Å². The lowest BCUT2D eigenvalue weighted by Crippen LogP contribution is -2.31. The number of carbonyl (C=O) groups excluding carboxylic acids is 1. The quantitative estimate of drug-likeness (QED) is 0.430. The highest BCUT2D eigenvalue weighted by Crippen LogP contribution is 2.32. The van der Waals surface area contributed by atoms with Crippen LogP contribution < -0.4 is 4.90 Å². The van der Waals surface area contributed by atoms with Gasteiger partial charge in [-0.2, -0.15) is 0 Å². The first kappa shape index (κ1) is 19.3. The van der Waals surface area contributed by atoms with Crippen molar-refractivity contribution in [2.24, 2.45) is 0 Å². The number of aryl methyl sites for hydroxylation is 3. The van der Waals surface area contributed by atoms with Gasteiger partial charge in [0.2, 0.25) is 0 Å². The van der Waals surface area contributed by atoms with Crippen LogP contribution in [0.5, 0.6) is 0 Å². The van der Waals surface area contributed by atoms with Crippen LogP contribution in [0, 0.1) is 13.8 Å². The number of pyridine rings is 1. The third-order valence-electron chi connectivity index (χ3n) is 5.00. The molecule has 146 valence electrons. The van der Waals surface area contributed by atoms with Crippen molar-refractivity contribution in [1.29, 1.82) is 0 Å². The van der Waals surface area contributed by atoms with Gasteiger partial charge in [-0.1, -0.05) is 48.1 Å². The molecule has 4 aromatic rings. The molecule has 5 heteroatoms. The molecule has 0 atom stereocenters. The lowest BCUT2D eigenvalue weighted by Gasteiger charge is -2.21. The summed E-state index contributed by atoms with van der Waals surface area (Å²) in [5, 5.41) is 0.710. The van der Waals surface area contributed by atoms with E-state index in [2.05, 4.69) is 24.0 Å². The monoisotopic (exact) mass is 401 g/mol. The molecule has 4 nitrogen and oxygen atoms in total. The van der Waals surface area contributed by atoms with Gasteiger partial charge in [0.15, 0.2) is 5.13 Å². The molecule has 0 aliphatic heterocycles. The van der Waals surface area contributed by atoms with Crippen LogP contribution in [0.2, 0.25) is 0 Å². The number of fused-ring (bicyclic) bond motifs is 1. The van der Waals surface area contributed by atoms with Crippen LogP contribution in [0.4, 0.5) is 5.13 Å². The minimum Gasteiger partial charge on any atom is -0.279 e. The number of anilines is 1. The van der Waals surface area contributed by atoms with Crippen LogP contribution in [-0.4, -0.2) is 15.9 Å². The summed E-state index contributed by atoms with van der Waals surface area (Å²) < 4.78 is 1.10.